The van der Waals surface area contributed by atoms with Gasteiger partial charge in [-0.25, -0.2) is 18.4 Å². The predicted molar refractivity (Wildman–Crippen MR) is 137 cm³/mol. The molecule has 0 unspecified atom stereocenters. The second-order valence-corrected chi connectivity index (χ2v) is 8.24. The quantitative estimate of drug-likeness (QED) is 0.0631. The molecule has 0 spiro atoms. The molecule has 0 aliphatic carbocycles. The molecule has 40 heavy (non-hydrogen) atoms. The number of hydrogen-bond donors (Lipinski definition) is 2. The average molecular weight is 558 g/mol. The van der Waals surface area contributed by atoms with Gasteiger partial charge in [0.15, 0.2) is 17.4 Å². The first kappa shape index (κ1) is 29.5. The van der Waals surface area contributed by atoms with E-state index in [0.717, 1.165) is 11.6 Å². The number of ether oxygens (including phenoxy) is 3. The van der Waals surface area contributed by atoms with Crippen molar-refractivity contribution < 1.29 is 41.4 Å². The lowest BCUT2D eigenvalue weighted by Gasteiger charge is -2.12. The SMILES string of the molecule is N#CCCCOc1c(F)c(F)c(C(=O)Oc2ccc(C=CC(=O)OCCc3ccc(N)cc3N)cc2)c(F)c1F. The van der Waals surface area contributed by atoms with E-state index in [1.54, 1.807) is 24.3 Å². The number of carbonyl (C=O) groups excluding carboxylic acids is 2. The molecule has 0 amide bonds. The molecule has 4 N–H and O–H groups in total. The fraction of sp³-hybridized carbons (Fsp3) is 0.179. The van der Waals surface area contributed by atoms with Crippen LogP contribution in [0.1, 0.15) is 34.3 Å². The van der Waals surface area contributed by atoms with Crippen LogP contribution in [-0.4, -0.2) is 25.2 Å². The van der Waals surface area contributed by atoms with Crippen LogP contribution in [0.5, 0.6) is 11.5 Å². The Hall–Kier alpha value is -5.05. The van der Waals surface area contributed by atoms with Crippen molar-refractivity contribution in [2.45, 2.75) is 19.3 Å². The first-order chi connectivity index (χ1) is 19.1. The molecule has 0 atom stereocenters. The standard InChI is InChI=1S/C28H23F4N3O5/c29-23-22(24(30)26(32)27(25(23)31)39-13-2-1-12-33)28(37)40-19-8-3-16(4-9-19)5-10-21(36)38-14-11-17-6-7-18(34)15-20(17)35/h3-10,15H,1-2,11,13-14,34-35H2. The molecule has 3 aromatic rings. The summed E-state index contributed by atoms with van der Waals surface area (Å²) >= 11 is 0. The summed E-state index contributed by atoms with van der Waals surface area (Å²) in [7, 11) is 0. The van der Waals surface area contributed by atoms with Gasteiger partial charge in [0, 0.05) is 30.3 Å². The van der Waals surface area contributed by atoms with Gasteiger partial charge in [-0.2, -0.15) is 14.0 Å². The van der Waals surface area contributed by atoms with Gasteiger partial charge >= 0.3 is 11.9 Å². The van der Waals surface area contributed by atoms with Crippen LogP contribution >= 0.6 is 0 Å². The molecule has 0 saturated carbocycles. The van der Waals surface area contributed by atoms with Crippen LogP contribution in [0.15, 0.2) is 48.5 Å². The molecule has 0 heterocycles. The lowest BCUT2D eigenvalue weighted by atomic mass is 10.1. The molecule has 0 bridgehead atoms. The van der Waals surface area contributed by atoms with Crippen LogP contribution in [0, 0.1) is 34.6 Å². The normalized spacial score (nSPS) is 10.8. The highest BCUT2D eigenvalue weighted by atomic mass is 19.2. The van der Waals surface area contributed by atoms with E-state index in [-0.39, 0.29) is 31.8 Å². The van der Waals surface area contributed by atoms with Crippen molar-refractivity contribution in [3.63, 3.8) is 0 Å². The summed E-state index contributed by atoms with van der Waals surface area (Å²) in [6, 6.07) is 12.1. The van der Waals surface area contributed by atoms with Crippen LogP contribution in [-0.2, 0) is 16.0 Å². The number of nitrogens with two attached hydrogens (primary N) is 2. The molecular weight excluding hydrogens is 534 g/mol. The van der Waals surface area contributed by atoms with Gasteiger partial charge in [0.1, 0.15) is 11.3 Å². The Bertz CT molecular complexity index is 1440. The van der Waals surface area contributed by atoms with E-state index >= 15 is 0 Å². The molecule has 0 radical (unpaired) electrons. The minimum Gasteiger partial charge on any atom is -0.487 e. The molecule has 0 aliphatic rings. The maximum Gasteiger partial charge on any atom is 0.349 e. The molecule has 0 aromatic heterocycles. The molecule has 3 aromatic carbocycles. The highest BCUT2D eigenvalue weighted by Gasteiger charge is 2.31. The number of unbranched alkanes of at least 4 members (excludes halogenated alkanes) is 1. The smallest absolute Gasteiger partial charge is 0.349 e. The third-order valence-corrected chi connectivity index (χ3v) is 5.39. The number of benzene rings is 3. The van der Waals surface area contributed by atoms with Crippen molar-refractivity contribution in [1.82, 2.24) is 0 Å². The van der Waals surface area contributed by atoms with Crippen molar-refractivity contribution in [3.8, 4) is 17.6 Å². The van der Waals surface area contributed by atoms with E-state index in [1.807, 2.05) is 0 Å². The Morgan fingerprint density at radius 3 is 2.23 bits per heavy atom. The van der Waals surface area contributed by atoms with Gasteiger partial charge in [-0.1, -0.05) is 18.2 Å². The van der Waals surface area contributed by atoms with Crippen molar-refractivity contribution in [1.29, 1.82) is 5.26 Å². The van der Waals surface area contributed by atoms with Gasteiger partial charge in [-0.3, -0.25) is 0 Å². The average Bonchev–Trinajstić information content (AvgIpc) is 2.92. The lowest BCUT2D eigenvalue weighted by Crippen LogP contribution is -2.17. The van der Waals surface area contributed by atoms with Crippen LogP contribution in [0.4, 0.5) is 28.9 Å². The number of rotatable bonds is 11. The van der Waals surface area contributed by atoms with Gasteiger partial charge in [-0.05, 0) is 47.9 Å². The van der Waals surface area contributed by atoms with Gasteiger partial charge < -0.3 is 25.7 Å². The van der Waals surface area contributed by atoms with E-state index < -0.39 is 46.5 Å². The predicted octanol–water partition coefficient (Wildman–Crippen LogP) is 5.11. The molecule has 0 saturated heterocycles. The third-order valence-electron chi connectivity index (χ3n) is 5.39. The Morgan fingerprint density at radius 1 is 0.925 bits per heavy atom. The molecule has 12 heteroatoms. The van der Waals surface area contributed by atoms with Crippen molar-refractivity contribution >= 4 is 29.4 Å². The summed E-state index contributed by atoms with van der Waals surface area (Å²) in [6.45, 7) is -0.296. The van der Waals surface area contributed by atoms with Crippen molar-refractivity contribution in [2.24, 2.45) is 0 Å². The highest BCUT2D eigenvalue weighted by Crippen LogP contribution is 2.31. The van der Waals surface area contributed by atoms with E-state index in [0.29, 0.717) is 23.4 Å². The first-order valence-electron chi connectivity index (χ1n) is 11.8. The van der Waals surface area contributed by atoms with Crippen molar-refractivity contribution in [2.75, 3.05) is 24.7 Å². The largest absolute Gasteiger partial charge is 0.487 e. The van der Waals surface area contributed by atoms with Crippen molar-refractivity contribution in [3.05, 3.63) is 88.5 Å². The number of esters is 2. The fourth-order valence-corrected chi connectivity index (χ4v) is 3.36. The number of hydrogen-bond acceptors (Lipinski definition) is 8. The zero-order valence-electron chi connectivity index (χ0n) is 20.9. The van der Waals surface area contributed by atoms with Crippen LogP contribution < -0.4 is 20.9 Å². The summed E-state index contributed by atoms with van der Waals surface area (Å²) in [5.74, 6) is -11.6. The zero-order chi connectivity index (χ0) is 29.2. The summed E-state index contributed by atoms with van der Waals surface area (Å²) in [5, 5.41) is 8.46. The monoisotopic (exact) mass is 557 g/mol. The number of halogens is 4. The third kappa shape index (κ3) is 7.50. The number of nitrogens with zero attached hydrogens (tertiary/aromatic N) is 1. The second kappa shape index (κ2) is 13.7. The molecule has 3 rings (SSSR count). The zero-order valence-corrected chi connectivity index (χ0v) is 20.9. The molecule has 0 aliphatic heterocycles. The Labute approximate surface area is 226 Å². The summed E-state index contributed by atoms with van der Waals surface area (Å²) in [5.41, 5.74) is 12.2. The Balaban J connectivity index is 1.58. The minimum atomic E-state index is -1.99. The van der Waals surface area contributed by atoms with Crippen LogP contribution in [0.3, 0.4) is 0 Å². The summed E-state index contributed by atoms with van der Waals surface area (Å²) in [6.07, 6.45) is 3.02. The molecule has 0 fully saturated rings. The molecular formula is C28H23F4N3O5. The molecule has 8 nitrogen and oxygen atoms in total. The maximum atomic E-state index is 14.4. The lowest BCUT2D eigenvalue weighted by molar-refractivity contribution is -0.137. The van der Waals surface area contributed by atoms with Gasteiger partial charge in [-0.15, -0.1) is 0 Å². The number of nitriles is 1. The maximum absolute atomic E-state index is 14.4. The van der Waals surface area contributed by atoms with Gasteiger partial charge in [0.2, 0.25) is 11.6 Å². The topological polar surface area (TPSA) is 138 Å². The Kier molecular flexibility index (Phi) is 10.1. The highest BCUT2D eigenvalue weighted by molar-refractivity contribution is 5.92. The Morgan fingerprint density at radius 2 is 1.60 bits per heavy atom. The van der Waals surface area contributed by atoms with Crippen LogP contribution in [0.25, 0.3) is 6.08 Å². The van der Waals surface area contributed by atoms with Gasteiger partial charge in [0.25, 0.3) is 0 Å². The van der Waals surface area contributed by atoms with Gasteiger partial charge in [0.05, 0.1) is 19.3 Å². The molecule has 208 valence electrons. The number of nitrogen functional groups attached to an aromatic ring is 2. The van der Waals surface area contributed by atoms with E-state index in [1.165, 1.54) is 30.3 Å². The summed E-state index contributed by atoms with van der Waals surface area (Å²) < 4.78 is 72.1. The minimum absolute atomic E-state index is 0.00147. The van der Waals surface area contributed by atoms with E-state index in [2.05, 4.69) is 0 Å². The fourth-order valence-electron chi connectivity index (χ4n) is 3.36. The van der Waals surface area contributed by atoms with E-state index in [9.17, 15) is 27.2 Å². The van der Waals surface area contributed by atoms with Crippen LogP contribution in [0.2, 0.25) is 0 Å². The second-order valence-electron chi connectivity index (χ2n) is 8.24. The van der Waals surface area contributed by atoms with E-state index in [4.69, 9.17) is 30.9 Å². The summed E-state index contributed by atoms with van der Waals surface area (Å²) in [4.78, 5) is 24.3. The number of carbonyl (C=O) groups is 2. The first-order valence-corrected chi connectivity index (χ1v) is 11.8. The number of anilines is 2.